The number of benzene rings is 1. The van der Waals surface area contributed by atoms with Gasteiger partial charge in [0.2, 0.25) is 11.8 Å². The van der Waals surface area contributed by atoms with Gasteiger partial charge in [-0.1, -0.05) is 38.1 Å². The summed E-state index contributed by atoms with van der Waals surface area (Å²) in [6, 6.07) is 9.22. The van der Waals surface area contributed by atoms with Gasteiger partial charge in [0, 0.05) is 30.4 Å². The zero-order valence-corrected chi connectivity index (χ0v) is 22.9. The number of esters is 1. The number of carbonyl (C=O) groups excluding carboxylic acids is 4. The number of ether oxygens (including phenoxy) is 1. The second kappa shape index (κ2) is 12.4. The molecule has 6 bridgehead atoms. The van der Waals surface area contributed by atoms with Crippen molar-refractivity contribution in [3.05, 3.63) is 53.9 Å². The molecule has 2 aromatic rings. The maximum atomic E-state index is 13.1. The number of nitrogens with zero attached hydrogens (tertiary/aromatic N) is 2. The number of pyridine rings is 1. The van der Waals surface area contributed by atoms with Gasteiger partial charge in [-0.25, -0.2) is 5.43 Å². The first-order valence-electron chi connectivity index (χ1n) is 13.6. The number of hydrogen-bond acceptors (Lipinski definition) is 7. The lowest BCUT2D eigenvalue weighted by atomic mass is 10.0. The van der Waals surface area contributed by atoms with Crippen LogP contribution in [0.15, 0.2) is 42.6 Å². The van der Waals surface area contributed by atoms with Crippen molar-refractivity contribution in [2.75, 3.05) is 6.54 Å². The summed E-state index contributed by atoms with van der Waals surface area (Å²) in [5, 5.41) is 6.91. The Bertz CT molecular complexity index is 1210. The molecule has 208 valence electrons. The first kappa shape index (κ1) is 28.2. The molecule has 4 atom stereocenters. The number of rotatable bonds is 1. The van der Waals surface area contributed by atoms with Crippen LogP contribution in [0.1, 0.15) is 64.3 Å². The molecule has 1 saturated heterocycles. The van der Waals surface area contributed by atoms with Crippen LogP contribution in [-0.4, -0.2) is 58.4 Å². The molecule has 3 amide bonds. The lowest BCUT2D eigenvalue weighted by molar-refractivity contribution is -0.157. The Hall–Kier alpha value is -3.79. The number of fused-ring (bicyclic) bond motifs is 12. The summed E-state index contributed by atoms with van der Waals surface area (Å²) in [6.07, 6.45) is 2.99. The molecule has 0 unspecified atom stereocenters. The van der Waals surface area contributed by atoms with Crippen molar-refractivity contribution in [1.29, 1.82) is 0 Å². The zero-order chi connectivity index (χ0) is 28.1. The summed E-state index contributed by atoms with van der Waals surface area (Å²) in [5.74, 6) is -1.71. The lowest BCUT2D eigenvalue weighted by Crippen LogP contribution is -2.61. The maximum absolute atomic E-state index is 13.1. The van der Waals surface area contributed by atoms with Crippen LogP contribution >= 0.6 is 0 Å². The summed E-state index contributed by atoms with van der Waals surface area (Å²) in [5.41, 5.74) is 6.41. The second-order valence-electron chi connectivity index (χ2n) is 10.6. The highest BCUT2D eigenvalue weighted by molar-refractivity contribution is 5.92. The normalized spacial score (nSPS) is 25.3. The zero-order valence-electron chi connectivity index (χ0n) is 22.9. The van der Waals surface area contributed by atoms with Gasteiger partial charge in [-0.3, -0.25) is 29.2 Å². The number of aryl methyl sites for hydroxylation is 1. The highest BCUT2D eigenvalue weighted by atomic mass is 16.5. The number of hydrazine groups is 1. The third kappa shape index (κ3) is 7.00. The third-order valence-electron chi connectivity index (χ3n) is 7.15. The molecule has 5 rings (SSSR count). The molecule has 39 heavy (non-hydrogen) atoms. The van der Waals surface area contributed by atoms with E-state index in [1.807, 2.05) is 57.2 Å². The smallest absolute Gasteiger partial charge is 0.325 e. The maximum Gasteiger partial charge on any atom is 0.325 e. The van der Waals surface area contributed by atoms with Crippen LogP contribution in [0.5, 0.6) is 0 Å². The van der Waals surface area contributed by atoms with Crippen LogP contribution in [0, 0.1) is 5.92 Å². The van der Waals surface area contributed by atoms with E-state index in [4.69, 9.17) is 4.74 Å². The molecule has 1 aromatic heterocycles. The van der Waals surface area contributed by atoms with Crippen LogP contribution in [0.2, 0.25) is 0 Å². The SMILES string of the molecule is CC(C)[C@@H]1NC(=O)CCc2ccc(cn2)-c2cccc(c2)[C@@H](C)OC(=O)[C@@H]2CCCN(N2)C(=O)[C@H](C)NC1=O. The third-order valence-corrected chi connectivity index (χ3v) is 7.15. The molecule has 0 aliphatic carbocycles. The lowest BCUT2D eigenvalue weighted by Gasteiger charge is -2.35. The van der Waals surface area contributed by atoms with Gasteiger partial charge in [-0.15, -0.1) is 0 Å². The fourth-order valence-corrected chi connectivity index (χ4v) is 4.77. The van der Waals surface area contributed by atoms with Gasteiger partial charge >= 0.3 is 5.97 Å². The summed E-state index contributed by atoms with van der Waals surface area (Å²) in [6.45, 7) is 7.47. The van der Waals surface area contributed by atoms with E-state index in [0.29, 0.717) is 25.8 Å². The van der Waals surface area contributed by atoms with E-state index in [0.717, 1.165) is 22.4 Å². The van der Waals surface area contributed by atoms with Crippen LogP contribution in [-0.2, 0) is 30.3 Å². The van der Waals surface area contributed by atoms with Crippen LogP contribution in [0.4, 0.5) is 0 Å². The van der Waals surface area contributed by atoms with E-state index in [1.165, 1.54) is 5.01 Å². The number of nitrogens with one attached hydrogen (secondary N) is 3. The minimum Gasteiger partial charge on any atom is -0.457 e. The van der Waals surface area contributed by atoms with Crippen molar-refractivity contribution in [1.82, 2.24) is 26.1 Å². The minimum atomic E-state index is -0.861. The second-order valence-corrected chi connectivity index (χ2v) is 10.6. The summed E-state index contributed by atoms with van der Waals surface area (Å²) >= 11 is 0. The van der Waals surface area contributed by atoms with Gasteiger partial charge in [-0.2, -0.15) is 0 Å². The number of carbonyl (C=O) groups is 4. The van der Waals surface area contributed by atoms with Gasteiger partial charge in [0.05, 0.1) is 0 Å². The number of hydrogen-bond donors (Lipinski definition) is 3. The highest BCUT2D eigenvalue weighted by Crippen LogP contribution is 2.26. The predicted molar refractivity (Wildman–Crippen MR) is 145 cm³/mol. The standard InChI is InChI=1S/C29H37N5O5/c1-17(2)26-27(36)31-18(3)28(37)34-14-6-9-24(33-34)29(38)39-19(4)20-7-5-8-21(15-20)22-10-11-23(30-16-22)12-13-25(35)32-26/h5,7-8,10-11,15-19,24,26,33H,6,9,12-14H2,1-4H3,(H,31,36)(H,32,35)/t18-,19+,24-,26-/m0/s1. The number of amides is 3. The molecule has 3 N–H and O–H groups in total. The van der Waals surface area contributed by atoms with E-state index in [1.54, 1.807) is 13.1 Å². The fraction of sp³-hybridized carbons (Fsp3) is 0.483. The molecule has 10 heteroatoms. The van der Waals surface area contributed by atoms with Crippen molar-refractivity contribution in [2.24, 2.45) is 5.92 Å². The monoisotopic (exact) mass is 535 g/mol. The average Bonchev–Trinajstić information content (AvgIpc) is 2.94. The van der Waals surface area contributed by atoms with Gasteiger partial charge in [0.1, 0.15) is 24.2 Å². The Balaban J connectivity index is 1.61. The summed E-state index contributed by atoms with van der Waals surface area (Å²) < 4.78 is 5.78. The van der Waals surface area contributed by atoms with Crippen molar-refractivity contribution in [3.8, 4) is 11.1 Å². The molecule has 0 saturated carbocycles. The first-order chi connectivity index (χ1) is 18.6. The Morgan fingerprint density at radius 1 is 1.00 bits per heavy atom. The molecule has 0 radical (unpaired) electrons. The topological polar surface area (TPSA) is 130 Å². The van der Waals surface area contributed by atoms with Crippen LogP contribution in [0.25, 0.3) is 11.1 Å². The Labute approximate surface area is 228 Å². The van der Waals surface area contributed by atoms with Crippen LogP contribution in [0.3, 0.4) is 0 Å². The van der Waals surface area contributed by atoms with E-state index < -0.39 is 36.1 Å². The van der Waals surface area contributed by atoms with Crippen molar-refractivity contribution >= 4 is 23.7 Å². The average molecular weight is 536 g/mol. The van der Waals surface area contributed by atoms with E-state index in [9.17, 15) is 19.2 Å². The summed E-state index contributed by atoms with van der Waals surface area (Å²) in [4.78, 5) is 56.4. The first-order valence-corrected chi connectivity index (χ1v) is 13.6. The number of aromatic nitrogens is 1. The molecule has 3 aliphatic heterocycles. The van der Waals surface area contributed by atoms with E-state index in [-0.39, 0.29) is 24.2 Å². The van der Waals surface area contributed by atoms with Crippen molar-refractivity contribution in [3.63, 3.8) is 0 Å². The van der Waals surface area contributed by atoms with Gasteiger partial charge < -0.3 is 15.4 Å². The molecule has 0 spiro atoms. The highest BCUT2D eigenvalue weighted by Gasteiger charge is 2.33. The predicted octanol–water partition coefficient (Wildman–Crippen LogP) is 2.44. The molecular formula is C29H37N5O5. The Morgan fingerprint density at radius 2 is 1.79 bits per heavy atom. The quantitative estimate of drug-likeness (QED) is 0.478. The van der Waals surface area contributed by atoms with E-state index in [2.05, 4.69) is 21.0 Å². The minimum absolute atomic E-state index is 0.175. The fourth-order valence-electron chi connectivity index (χ4n) is 4.77. The van der Waals surface area contributed by atoms with E-state index >= 15 is 0 Å². The molecular weight excluding hydrogens is 498 g/mol. The van der Waals surface area contributed by atoms with Crippen molar-refractivity contribution in [2.45, 2.75) is 77.6 Å². The Morgan fingerprint density at radius 3 is 2.51 bits per heavy atom. The van der Waals surface area contributed by atoms with Crippen molar-refractivity contribution < 1.29 is 23.9 Å². The van der Waals surface area contributed by atoms with Crippen LogP contribution < -0.4 is 16.1 Å². The largest absolute Gasteiger partial charge is 0.457 e. The Kier molecular flexibility index (Phi) is 8.96. The van der Waals surface area contributed by atoms with Gasteiger partial charge in [0.15, 0.2) is 0 Å². The van der Waals surface area contributed by atoms with Gasteiger partial charge in [-0.05, 0) is 62.3 Å². The van der Waals surface area contributed by atoms with Gasteiger partial charge in [0.25, 0.3) is 5.91 Å². The molecule has 3 aliphatic rings. The molecule has 1 aromatic carbocycles. The molecule has 1 fully saturated rings. The molecule has 4 heterocycles. The summed E-state index contributed by atoms with van der Waals surface area (Å²) in [7, 11) is 0. The molecule has 10 nitrogen and oxygen atoms in total.